The van der Waals surface area contributed by atoms with E-state index >= 15 is 0 Å². The van der Waals surface area contributed by atoms with E-state index in [-0.39, 0.29) is 30.3 Å². The lowest BCUT2D eigenvalue weighted by Crippen LogP contribution is -2.36. The average Bonchev–Trinajstić information content (AvgIpc) is 3.64. The van der Waals surface area contributed by atoms with Gasteiger partial charge in [-0.15, -0.1) is 0 Å². The molecule has 4 saturated heterocycles. The monoisotopic (exact) mass is 451 g/mol. The zero-order valence-corrected chi connectivity index (χ0v) is 18.5. The van der Waals surface area contributed by atoms with Gasteiger partial charge in [-0.05, 0) is 30.3 Å². The molecule has 8 heteroatoms. The number of nitrogens with zero attached hydrogens (tertiary/aromatic N) is 2. The zero-order valence-electron chi connectivity index (χ0n) is 18.5. The van der Waals surface area contributed by atoms with Crippen molar-refractivity contribution in [1.82, 2.24) is 0 Å². The number of benzene rings is 2. The molecule has 0 spiro atoms. The van der Waals surface area contributed by atoms with Gasteiger partial charge in [-0.2, -0.15) is 0 Å². The lowest BCUT2D eigenvalue weighted by atomic mass is 10.1. The Balaban J connectivity index is 1.32. The molecule has 4 aliphatic rings. The molecule has 0 aromatic heterocycles. The summed E-state index contributed by atoms with van der Waals surface area (Å²) in [5.41, 5.74) is 3.53. The second-order valence-corrected chi connectivity index (χ2v) is 9.15. The number of amides is 1. The number of nitrogens with one attached hydrogen (secondary N) is 1. The van der Waals surface area contributed by atoms with E-state index in [4.69, 9.17) is 18.9 Å². The molecule has 174 valence electrons. The van der Waals surface area contributed by atoms with Crippen LogP contribution >= 0.6 is 0 Å². The largest absolute Gasteiger partial charge is 0.371 e. The topological polar surface area (TPSA) is 85.7 Å². The van der Waals surface area contributed by atoms with Gasteiger partial charge < -0.3 is 34.1 Å². The van der Waals surface area contributed by atoms with Crippen molar-refractivity contribution in [3.63, 3.8) is 0 Å². The maximum atomic E-state index is 13.1. The second kappa shape index (κ2) is 8.95. The molecule has 1 amide bonds. The maximum Gasteiger partial charge on any atom is 0.255 e. The lowest BCUT2D eigenvalue weighted by Gasteiger charge is -2.32. The van der Waals surface area contributed by atoms with E-state index in [0.29, 0.717) is 5.56 Å². The van der Waals surface area contributed by atoms with E-state index in [0.717, 1.165) is 69.7 Å². The van der Waals surface area contributed by atoms with Crippen molar-refractivity contribution in [2.45, 2.75) is 24.4 Å². The number of anilines is 3. The van der Waals surface area contributed by atoms with Crippen molar-refractivity contribution in [1.29, 1.82) is 0 Å². The van der Waals surface area contributed by atoms with Crippen LogP contribution < -0.4 is 15.1 Å². The molecule has 4 fully saturated rings. The number of hydrogen-bond donors (Lipinski definition) is 1. The molecule has 8 nitrogen and oxygen atoms in total. The van der Waals surface area contributed by atoms with Gasteiger partial charge in [0, 0.05) is 37.4 Å². The summed E-state index contributed by atoms with van der Waals surface area (Å²) in [6, 6.07) is 15.5. The number of hydrogen-bond acceptors (Lipinski definition) is 7. The Bertz CT molecular complexity index is 959. The Morgan fingerprint density at radius 3 is 1.70 bits per heavy atom. The molecule has 0 bridgehead atoms. The fourth-order valence-electron chi connectivity index (χ4n) is 4.13. The molecule has 4 unspecified atom stereocenters. The number of para-hydroxylation sites is 1. The first-order valence-electron chi connectivity index (χ1n) is 11.7. The minimum absolute atomic E-state index is 0.123. The predicted molar refractivity (Wildman–Crippen MR) is 124 cm³/mol. The summed E-state index contributed by atoms with van der Waals surface area (Å²) in [6.07, 6.45) is 0.963. The predicted octanol–water partition coefficient (Wildman–Crippen LogP) is 2.15. The zero-order chi connectivity index (χ0) is 22.2. The third kappa shape index (κ3) is 5.65. The molecule has 0 aliphatic carbocycles. The highest BCUT2D eigenvalue weighted by molar-refractivity contribution is 6.05. The van der Waals surface area contributed by atoms with Crippen molar-refractivity contribution in [3.8, 4) is 0 Å². The van der Waals surface area contributed by atoms with E-state index in [2.05, 4.69) is 21.2 Å². The van der Waals surface area contributed by atoms with Crippen molar-refractivity contribution < 1.29 is 23.7 Å². The molecular formula is C25H29N3O5. The van der Waals surface area contributed by atoms with Crippen molar-refractivity contribution in [2.75, 3.05) is 67.7 Å². The summed E-state index contributed by atoms with van der Waals surface area (Å²) in [5.74, 6) is -0.123. The van der Waals surface area contributed by atoms with E-state index in [9.17, 15) is 4.79 Å². The van der Waals surface area contributed by atoms with Gasteiger partial charge in [0.2, 0.25) is 0 Å². The molecule has 4 atom stereocenters. The minimum atomic E-state index is -0.123. The van der Waals surface area contributed by atoms with E-state index in [1.165, 1.54) is 0 Å². The van der Waals surface area contributed by atoms with E-state index in [1.807, 2.05) is 42.5 Å². The molecular weight excluding hydrogens is 422 g/mol. The van der Waals surface area contributed by atoms with Gasteiger partial charge in [-0.25, -0.2) is 0 Å². The normalized spacial score (nSPS) is 26.4. The van der Waals surface area contributed by atoms with Gasteiger partial charge in [0.05, 0.1) is 62.2 Å². The summed E-state index contributed by atoms with van der Waals surface area (Å²) >= 11 is 0. The highest BCUT2D eigenvalue weighted by Crippen LogP contribution is 2.35. The number of carbonyl (C=O) groups excluding carboxylic acids is 1. The average molecular weight is 452 g/mol. The fraction of sp³-hybridized carbons (Fsp3) is 0.480. The Morgan fingerprint density at radius 1 is 0.727 bits per heavy atom. The van der Waals surface area contributed by atoms with Crippen LogP contribution in [0.4, 0.5) is 17.1 Å². The van der Waals surface area contributed by atoms with Gasteiger partial charge in [-0.3, -0.25) is 4.79 Å². The SMILES string of the molecule is O=C(Nc1ccccc1)c1ccc(N(CC2CO2)CC2CO2)c(N(CC2CO2)CC2CO2)c1. The van der Waals surface area contributed by atoms with Gasteiger partial charge in [-0.1, -0.05) is 18.2 Å². The molecule has 2 aromatic rings. The minimum Gasteiger partial charge on any atom is -0.371 e. The third-order valence-corrected chi connectivity index (χ3v) is 6.26. The molecule has 33 heavy (non-hydrogen) atoms. The molecule has 0 saturated carbocycles. The van der Waals surface area contributed by atoms with E-state index in [1.54, 1.807) is 0 Å². The van der Waals surface area contributed by atoms with Crippen LogP contribution in [0.15, 0.2) is 48.5 Å². The summed E-state index contributed by atoms with van der Waals surface area (Å²) in [4.78, 5) is 17.7. The fourth-order valence-corrected chi connectivity index (χ4v) is 4.13. The smallest absolute Gasteiger partial charge is 0.255 e. The molecule has 2 aromatic carbocycles. The Morgan fingerprint density at radius 2 is 1.21 bits per heavy atom. The maximum absolute atomic E-state index is 13.1. The van der Waals surface area contributed by atoms with Crippen LogP contribution in [0.5, 0.6) is 0 Å². The summed E-state index contributed by atoms with van der Waals surface area (Å²) in [7, 11) is 0. The summed E-state index contributed by atoms with van der Waals surface area (Å²) in [5, 5.41) is 3.00. The van der Waals surface area contributed by atoms with Crippen LogP contribution in [0.25, 0.3) is 0 Å². The second-order valence-electron chi connectivity index (χ2n) is 9.15. The van der Waals surface area contributed by atoms with Crippen molar-refractivity contribution in [3.05, 3.63) is 54.1 Å². The lowest BCUT2D eigenvalue weighted by molar-refractivity contribution is 0.102. The highest BCUT2D eigenvalue weighted by Gasteiger charge is 2.35. The number of rotatable bonds is 12. The number of carbonyl (C=O) groups is 1. The summed E-state index contributed by atoms with van der Waals surface area (Å²) in [6.45, 7) is 6.35. The Labute approximate surface area is 193 Å². The van der Waals surface area contributed by atoms with Crippen LogP contribution in [0.3, 0.4) is 0 Å². The van der Waals surface area contributed by atoms with Gasteiger partial charge in [0.15, 0.2) is 0 Å². The van der Waals surface area contributed by atoms with Crippen LogP contribution in [0, 0.1) is 0 Å². The van der Waals surface area contributed by atoms with Crippen LogP contribution in [0.1, 0.15) is 10.4 Å². The van der Waals surface area contributed by atoms with Crippen LogP contribution in [-0.2, 0) is 18.9 Å². The number of ether oxygens (including phenoxy) is 4. The molecule has 4 heterocycles. The molecule has 0 radical (unpaired) electrons. The van der Waals surface area contributed by atoms with Crippen molar-refractivity contribution >= 4 is 23.0 Å². The Hall–Kier alpha value is -2.65. The molecule has 6 rings (SSSR count). The van der Waals surface area contributed by atoms with Gasteiger partial charge >= 0.3 is 0 Å². The quantitative estimate of drug-likeness (QED) is 0.495. The van der Waals surface area contributed by atoms with Crippen LogP contribution in [-0.4, -0.2) is 82.9 Å². The highest BCUT2D eigenvalue weighted by atomic mass is 16.6. The summed E-state index contributed by atoms with van der Waals surface area (Å²) < 4.78 is 22.2. The first-order chi connectivity index (χ1) is 16.2. The van der Waals surface area contributed by atoms with Gasteiger partial charge in [0.25, 0.3) is 5.91 Å². The molecule has 4 aliphatic heterocycles. The first-order valence-corrected chi connectivity index (χ1v) is 11.7. The number of epoxide rings is 4. The third-order valence-electron chi connectivity index (χ3n) is 6.26. The van der Waals surface area contributed by atoms with Crippen molar-refractivity contribution in [2.24, 2.45) is 0 Å². The first kappa shape index (κ1) is 20.9. The Kier molecular flexibility index (Phi) is 5.67. The molecule has 1 N–H and O–H groups in total. The van der Waals surface area contributed by atoms with E-state index < -0.39 is 0 Å². The van der Waals surface area contributed by atoms with Gasteiger partial charge in [0.1, 0.15) is 0 Å². The van der Waals surface area contributed by atoms with Crippen LogP contribution in [0.2, 0.25) is 0 Å². The standard InChI is InChI=1S/C25H29N3O5/c29-25(26-18-4-2-1-3-5-18)17-6-7-23(27(9-19-13-30-19)10-20-14-31-20)24(8-17)28(11-21-15-32-21)12-22-16-33-22/h1-8,19-22H,9-16H2,(H,26,29).